The number of hydrogen-bond donors (Lipinski definition) is 3. The second-order valence-electron chi connectivity index (χ2n) is 5.17. The van der Waals surface area contributed by atoms with Crippen LogP contribution in [0.2, 0.25) is 0 Å². The second kappa shape index (κ2) is 4.89. The summed E-state index contributed by atoms with van der Waals surface area (Å²) < 4.78 is 5.03. The fourth-order valence-corrected chi connectivity index (χ4v) is 1.44. The molecule has 104 valence electrons. The number of esters is 1. The highest BCUT2D eigenvalue weighted by atomic mass is 16.6. The van der Waals surface area contributed by atoms with Gasteiger partial charge in [0, 0.05) is 0 Å². The normalized spacial score (nSPS) is 14.5. The van der Waals surface area contributed by atoms with Crippen molar-refractivity contribution in [3.63, 3.8) is 0 Å². The maximum Gasteiger partial charge on any atom is 0.343 e. The molecule has 0 heterocycles. The Labute approximate surface area is 110 Å². The summed E-state index contributed by atoms with van der Waals surface area (Å²) in [5.74, 6) is -2.82. The number of nitrogens with two attached hydrogens (primary N) is 1. The molecule has 0 aromatic heterocycles. The first kappa shape index (κ1) is 15.0. The van der Waals surface area contributed by atoms with Crippen LogP contribution in [0.5, 0.6) is 5.75 Å². The minimum Gasteiger partial charge on any atom is -0.508 e. The highest BCUT2D eigenvalue weighted by molar-refractivity contribution is 6.04. The van der Waals surface area contributed by atoms with E-state index in [-0.39, 0.29) is 11.3 Å². The Hall–Kier alpha value is -2.08. The molecule has 4 N–H and O–H groups in total. The molecule has 0 radical (unpaired) electrons. The maximum absolute atomic E-state index is 12.0. The van der Waals surface area contributed by atoms with Crippen molar-refractivity contribution in [2.45, 2.75) is 31.9 Å². The smallest absolute Gasteiger partial charge is 0.343 e. The van der Waals surface area contributed by atoms with Crippen molar-refractivity contribution in [2.75, 3.05) is 0 Å². The Bertz CT molecular complexity index is 506. The van der Waals surface area contributed by atoms with E-state index in [1.165, 1.54) is 18.2 Å². The quantitative estimate of drug-likeness (QED) is 0.556. The largest absolute Gasteiger partial charge is 0.508 e. The first-order chi connectivity index (χ1) is 8.57. The van der Waals surface area contributed by atoms with Gasteiger partial charge < -0.3 is 20.7 Å². The van der Waals surface area contributed by atoms with E-state index in [1.54, 1.807) is 20.8 Å². The fraction of sp³-hybridized carbons (Fsp3) is 0.385. The van der Waals surface area contributed by atoms with Crippen molar-refractivity contribution in [1.82, 2.24) is 0 Å². The van der Waals surface area contributed by atoms with Crippen LogP contribution < -0.4 is 5.73 Å². The average Bonchev–Trinajstić information content (AvgIpc) is 2.25. The minimum absolute atomic E-state index is 0.0470. The Morgan fingerprint density at radius 2 is 1.84 bits per heavy atom. The van der Waals surface area contributed by atoms with Gasteiger partial charge in [-0.25, -0.2) is 9.59 Å². The van der Waals surface area contributed by atoms with Crippen LogP contribution in [0.3, 0.4) is 0 Å². The number of phenolic OH excluding ortho intramolecular Hbond substituents is 1. The van der Waals surface area contributed by atoms with Crippen molar-refractivity contribution < 1.29 is 24.5 Å². The number of phenols is 1. The number of carbonyl (C=O) groups is 2. The van der Waals surface area contributed by atoms with Gasteiger partial charge >= 0.3 is 11.9 Å². The topological polar surface area (TPSA) is 110 Å². The molecule has 0 aliphatic rings. The molecule has 0 bridgehead atoms. The van der Waals surface area contributed by atoms with Gasteiger partial charge in [0.25, 0.3) is 0 Å². The van der Waals surface area contributed by atoms with Gasteiger partial charge in [-0.15, -0.1) is 0 Å². The van der Waals surface area contributed by atoms with E-state index in [2.05, 4.69) is 0 Å². The zero-order chi connectivity index (χ0) is 14.8. The summed E-state index contributed by atoms with van der Waals surface area (Å²) in [7, 11) is 0. The lowest BCUT2D eigenvalue weighted by molar-refractivity contribution is -0.169. The van der Waals surface area contributed by atoms with E-state index in [0.29, 0.717) is 0 Å². The Morgan fingerprint density at radius 1 is 1.26 bits per heavy atom. The first-order valence-corrected chi connectivity index (χ1v) is 5.62. The van der Waals surface area contributed by atoms with Gasteiger partial charge in [-0.05, 0) is 38.5 Å². The van der Waals surface area contributed by atoms with Crippen LogP contribution in [-0.2, 0) is 19.9 Å². The number of carbonyl (C=O) groups excluding carboxylic acids is 1. The van der Waals surface area contributed by atoms with Crippen molar-refractivity contribution in [1.29, 1.82) is 0 Å². The summed E-state index contributed by atoms with van der Waals surface area (Å²) in [6.45, 7) is 4.82. The molecule has 0 aliphatic carbocycles. The number of rotatable bonds is 3. The van der Waals surface area contributed by atoms with Crippen LogP contribution in [0.25, 0.3) is 0 Å². The molecule has 1 rings (SSSR count). The van der Waals surface area contributed by atoms with E-state index >= 15 is 0 Å². The Kier molecular flexibility index (Phi) is 3.86. The molecule has 0 fully saturated rings. The summed E-state index contributed by atoms with van der Waals surface area (Å²) in [5.41, 5.74) is 2.43. The maximum atomic E-state index is 12.0. The highest BCUT2D eigenvalue weighted by Crippen LogP contribution is 2.26. The van der Waals surface area contributed by atoms with Gasteiger partial charge in [-0.1, -0.05) is 12.1 Å². The van der Waals surface area contributed by atoms with Crippen LogP contribution in [-0.4, -0.2) is 27.8 Å². The summed E-state index contributed by atoms with van der Waals surface area (Å²) in [4.78, 5) is 23.4. The molecule has 0 saturated heterocycles. The Morgan fingerprint density at radius 3 is 2.26 bits per heavy atom. The van der Waals surface area contributed by atoms with Crippen LogP contribution in [0.4, 0.5) is 0 Å². The van der Waals surface area contributed by atoms with Gasteiger partial charge in [0.2, 0.25) is 5.54 Å². The standard InChI is InChI=1S/C13H17NO5/c1-12(2,3)19-11(18)13(14,10(16)17)8-5-4-6-9(15)7-8/h4-7,15H,14H2,1-3H3,(H,16,17). The molecule has 6 nitrogen and oxygen atoms in total. The highest BCUT2D eigenvalue weighted by Gasteiger charge is 2.47. The van der Waals surface area contributed by atoms with E-state index < -0.39 is 23.1 Å². The van der Waals surface area contributed by atoms with Crippen molar-refractivity contribution in [3.05, 3.63) is 29.8 Å². The lowest BCUT2D eigenvalue weighted by atomic mass is 9.90. The minimum atomic E-state index is -2.36. The average molecular weight is 267 g/mol. The molecule has 1 atom stereocenters. The zero-order valence-corrected chi connectivity index (χ0v) is 11.0. The van der Waals surface area contributed by atoms with Crippen molar-refractivity contribution >= 4 is 11.9 Å². The number of hydrogen-bond acceptors (Lipinski definition) is 5. The molecule has 1 unspecified atom stereocenters. The third-order valence-corrected chi connectivity index (χ3v) is 2.36. The van der Waals surface area contributed by atoms with E-state index in [4.69, 9.17) is 10.5 Å². The van der Waals surface area contributed by atoms with Gasteiger partial charge in [0.05, 0.1) is 0 Å². The number of aliphatic carboxylic acids is 1. The molecule has 0 spiro atoms. The van der Waals surface area contributed by atoms with Gasteiger partial charge in [0.1, 0.15) is 11.4 Å². The predicted octanol–water partition coefficient (Wildman–Crippen LogP) is 0.972. The lowest BCUT2D eigenvalue weighted by Crippen LogP contribution is -2.54. The summed E-state index contributed by atoms with van der Waals surface area (Å²) in [5, 5.41) is 18.6. The summed E-state index contributed by atoms with van der Waals surface area (Å²) >= 11 is 0. The van der Waals surface area contributed by atoms with Crippen LogP contribution in [0, 0.1) is 0 Å². The Balaban J connectivity index is 3.25. The van der Waals surface area contributed by atoms with E-state index in [9.17, 15) is 19.8 Å². The monoisotopic (exact) mass is 267 g/mol. The third-order valence-electron chi connectivity index (χ3n) is 2.36. The SMILES string of the molecule is CC(C)(C)OC(=O)C(N)(C(=O)O)c1cccc(O)c1. The van der Waals surface area contributed by atoms with Gasteiger partial charge in [-0.2, -0.15) is 0 Å². The molecule has 0 saturated carbocycles. The molecule has 6 heteroatoms. The van der Waals surface area contributed by atoms with Crippen LogP contribution >= 0.6 is 0 Å². The second-order valence-corrected chi connectivity index (χ2v) is 5.17. The molecule has 0 aliphatic heterocycles. The van der Waals surface area contributed by atoms with Crippen LogP contribution in [0.1, 0.15) is 26.3 Å². The number of carboxylic acids is 1. The molecular formula is C13H17NO5. The number of aromatic hydroxyl groups is 1. The number of carboxylic acid groups (broad SMARTS) is 1. The molecule has 1 aromatic rings. The molecule has 19 heavy (non-hydrogen) atoms. The number of ether oxygens (including phenoxy) is 1. The zero-order valence-electron chi connectivity index (χ0n) is 11.0. The first-order valence-electron chi connectivity index (χ1n) is 5.62. The molecule has 1 aromatic carbocycles. The molecular weight excluding hydrogens is 250 g/mol. The van der Waals surface area contributed by atoms with Gasteiger partial charge in [0.15, 0.2) is 0 Å². The van der Waals surface area contributed by atoms with Crippen LogP contribution in [0.15, 0.2) is 24.3 Å². The number of benzene rings is 1. The van der Waals surface area contributed by atoms with Crippen molar-refractivity contribution in [3.8, 4) is 5.75 Å². The summed E-state index contributed by atoms with van der Waals surface area (Å²) in [6.07, 6.45) is 0. The predicted molar refractivity (Wildman–Crippen MR) is 67.5 cm³/mol. The van der Waals surface area contributed by atoms with Crippen molar-refractivity contribution in [2.24, 2.45) is 5.73 Å². The fourth-order valence-electron chi connectivity index (χ4n) is 1.44. The van der Waals surface area contributed by atoms with Gasteiger partial charge in [-0.3, -0.25) is 0 Å². The van der Waals surface area contributed by atoms with E-state index in [0.717, 1.165) is 6.07 Å². The molecule has 0 amide bonds. The summed E-state index contributed by atoms with van der Waals surface area (Å²) in [6, 6.07) is 5.22. The third kappa shape index (κ3) is 3.23. The lowest BCUT2D eigenvalue weighted by Gasteiger charge is -2.28. The van der Waals surface area contributed by atoms with E-state index in [1.807, 2.05) is 0 Å².